The van der Waals surface area contributed by atoms with Crippen molar-refractivity contribution in [1.29, 1.82) is 0 Å². The van der Waals surface area contributed by atoms with Crippen molar-refractivity contribution in [1.82, 2.24) is 15.5 Å². The van der Waals surface area contributed by atoms with Gasteiger partial charge in [0.25, 0.3) is 0 Å². The molecule has 2 N–H and O–H groups in total. The molecule has 0 unspecified atom stereocenters. The molecule has 0 radical (unpaired) electrons. The van der Waals surface area contributed by atoms with E-state index in [0.29, 0.717) is 17.6 Å². The second-order valence-electron chi connectivity index (χ2n) is 5.01. The number of carbonyl (C=O) groups is 1. The lowest BCUT2D eigenvalue weighted by atomic mass is 9.90. The topological polar surface area (TPSA) is 66.9 Å². The fourth-order valence-corrected chi connectivity index (χ4v) is 3.23. The van der Waals surface area contributed by atoms with E-state index in [1.54, 1.807) is 0 Å². The van der Waals surface area contributed by atoms with Crippen LogP contribution < -0.4 is 10.6 Å². The summed E-state index contributed by atoms with van der Waals surface area (Å²) in [5.41, 5.74) is 0. The molecule has 1 aliphatic rings. The lowest BCUT2D eigenvalue weighted by Crippen LogP contribution is -2.29. The molecule has 1 fully saturated rings. The predicted molar refractivity (Wildman–Crippen MR) is 77.7 cm³/mol. The minimum Gasteiger partial charge on any atom is -0.338 e. The number of anilines is 1. The van der Waals surface area contributed by atoms with E-state index in [1.165, 1.54) is 43.4 Å². The summed E-state index contributed by atoms with van der Waals surface area (Å²) in [5, 5.41) is 15.5. The first-order valence-corrected chi connectivity index (χ1v) is 7.99. The van der Waals surface area contributed by atoms with E-state index in [4.69, 9.17) is 0 Å². The van der Waals surface area contributed by atoms with Gasteiger partial charge in [0.05, 0.1) is 0 Å². The molecule has 1 saturated carbocycles. The second-order valence-corrected chi connectivity index (χ2v) is 6.02. The van der Waals surface area contributed by atoms with Crippen molar-refractivity contribution in [2.75, 3.05) is 11.9 Å². The minimum absolute atomic E-state index is 0.181. The molecule has 2 amide bonds. The number of urea groups is 1. The fraction of sp³-hybridized carbons (Fsp3) is 0.769. The summed E-state index contributed by atoms with van der Waals surface area (Å²) in [7, 11) is 0. The molecule has 0 bridgehead atoms. The third-order valence-corrected chi connectivity index (χ3v) is 4.43. The third-order valence-electron chi connectivity index (χ3n) is 3.43. The molecule has 0 atom stereocenters. The Morgan fingerprint density at radius 2 is 2.11 bits per heavy atom. The van der Waals surface area contributed by atoms with Crippen LogP contribution in [0.4, 0.5) is 9.93 Å². The van der Waals surface area contributed by atoms with Gasteiger partial charge >= 0.3 is 6.03 Å². The van der Waals surface area contributed by atoms with Gasteiger partial charge in [0.15, 0.2) is 0 Å². The van der Waals surface area contributed by atoms with Gasteiger partial charge in [0, 0.05) is 12.5 Å². The molecule has 1 aromatic rings. The molecule has 0 saturated heterocycles. The van der Waals surface area contributed by atoms with Crippen molar-refractivity contribution in [2.24, 2.45) is 0 Å². The molecule has 0 spiro atoms. The highest BCUT2D eigenvalue weighted by Gasteiger charge is 2.20. The number of hydrogen-bond acceptors (Lipinski definition) is 4. The van der Waals surface area contributed by atoms with Gasteiger partial charge in [-0.2, -0.15) is 0 Å². The van der Waals surface area contributed by atoms with Gasteiger partial charge < -0.3 is 5.32 Å². The van der Waals surface area contributed by atoms with Crippen LogP contribution in [0.15, 0.2) is 0 Å². The average molecular weight is 282 g/mol. The van der Waals surface area contributed by atoms with Crippen LogP contribution in [0.2, 0.25) is 0 Å². The molecule has 0 aromatic carbocycles. The highest BCUT2D eigenvalue weighted by atomic mass is 32.1. The van der Waals surface area contributed by atoms with Crippen LogP contribution in [0, 0.1) is 0 Å². The molecular formula is C13H22N4OS. The van der Waals surface area contributed by atoms with E-state index in [9.17, 15) is 4.79 Å². The number of nitrogens with zero attached hydrogens (tertiary/aromatic N) is 2. The maximum absolute atomic E-state index is 11.6. The summed E-state index contributed by atoms with van der Waals surface area (Å²) >= 11 is 1.51. The van der Waals surface area contributed by atoms with Gasteiger partial charge in [-0.25, -0.2) is 4.79 Å². The number of nitrogens with one attached hydrogen (secondary N) is 2. The summed E-state index contributed by atoms with van der Waals surface area (Å²) in [6.45, 7) is 2.80. The van der Waals surface area contributed by atoms with Gasteiger partial charge in [0.1, 0.15) is 5.01 Å². The van der Waals surface area contributed by atoms with Crippen LogP contribution in [-0.4, -0.2) is 22.8 Å². The quantitative estimate of drug-likeness (QED) is 0.812. The molecule has 1 aromatic heterocycles. The zero-order chi connectivity index (χ0) is 13.5. The standard InChI is InChI=1S/C13H22N4OS/c1-2-3-9-14-12(18)15-13-17-16-11(19-13)10-7-5-4-6-8-10/h10H,2-9H2,1H3,(H2,14,15,17,18). The second kappa shape index (κ2) is 7.43. The Hall–Kier alpha value is -1.17. The highest BCUT2D eigenvalue weighted by molar-refractivity contribution is 7.15. The van der Waals surface area contributed by atoms with Gasteiger partial charge in [0.2, 0.25) is 5.13 Å². The van der Waals surface area contributed by atoms with Crippen molar-refractivity contribution < 1.29 is 4.79 Å². The van der Waals surface area contributed by atoms with Crippen LogP contribution in [0.25, 0.3) is 0 Å². The fourth-order valence-electron chi connectivity index (χ4n) is 2.32. The van der Waals surface area contributed by atoms with Crippen LogP contribution in [0.3, 0.4) is 0 Å². The smallest absolute Gasteiger partial charge is 0.321 e. The van der Waals surface area contributed by atoms with Crippen LogP contribution >= 0.6 is 11.3 Å². The van der Waals surface area contributed by atoms with E-state index >= 15 is 0 Å². The summed E-state index contributed by atoms with van der Waals surface area (Å²) in [6, 6.07) is -0.181. The molecule has 0 aliphatic heterocycles. The van der Waals surface area contributed by atoms with Crippen molar-refractivity contribution >= 4 is 22.5 Å². The van der Waals surface area contributed by atoms with Crippen LogP contribution in [-0.2, 0) is 0 Å². The normalized spacial score (nSPS) is 16.3. The van der Waals surface area contributed by atoms with Gasteiger partial charge in [-0.05, 0) is 19.3 Å². The van der Waals surface area contributed by atoms with E-state index in [1.807, 2.05) is 0 Å². The van der Waals surface area contributed by atoms with E-state index in [0.717, 1.165) is 17.8 Å². The lowest BCUT2D eigenvalue weighted by Gasteiger charge is -2.18. The van der Waals surface area contributed by atoms with Gasteiger partial charge in [-0.3, -0.25) is 5.32 Å². The third kappa shape index (κ3) is 4.45. The number of hydrogen-bond donors (Lipinski definition) is 2. The highest BCUT2D eigenvalue weighted by Crippen LogP contribution is 2.34. The first-order chi connectivity index (χ1) is 9.29. The Labute approximate surface area is 118 Å². The zero-order valence-corrected chi connectivity index (χ0v) is 12.3. The molecule has 5 nitrogen and oxygen atoms in total. The monoisotopic (exact) mass is 282 g/mol. The van der Waals surface area contributed by atoms with Crippen LogP contribution in [0.5, 0.6) is 0 Å². The molecule has 2 rings (SSSR count). The van der Waals surface area contributed by atoms with Crippen molar-refractivity contribution in [3.63, 3.8) is 0 Å². The van der Waals surface area contributed by atoms with Gasteiger partial charge in [-0.15, -0.1) is 10.2 Å². The molecule has 19 heavy (non-hydrogen) atoms. The van der Waals surface area contributed by atoms with E-state index < -0.39 is 0 Å². The molecule has 6 heteroatoms. The molecular weight excluding hydrogens is 260 g/mol. The SMILES string of the molecule is CCCCNC(=O)Nc1nnc(C2CCCCC2)s1. The van der Waals surface area contributed by atoms with Crippen molar-refractivity contribution in [3.8, 4) is 0 Å². The number of aromatic nitrogens is 2. The number of amides is 2. The zero-order valence-electron chi connectivity index (χ0n) is 11.4. The number of carbonyl (C=O) groups excluding carboxylic acids is 1. The maximum Gasteiger partial charge on any atom is 0.321 e. The molecule has 1 heterocycles. The lowest BCUT2D eigenvalue weighted by molar-refractivity contribution is 0.252. The molecule has 1 aliphatic carbocycles. The Morgan fingerprint density at radius 1 is 1.32 bits per heavy atom. The first-order valence-electron chi connectivity index (χ1n) is 7.18. The summed E-state index contributed by atoms with van der Waals surface area (Å²) in [5.74, 6) is 0.546. The average Bonchev–Trinajstić information content (AvgIpc) is 2.88. The Morgan fingerprint density at radius 3 is 2.84 bits per heavy atom. The Kier molecular flexibility index (Phi) is 5.57. The van der Waals surface area contributed by atoms with E-state index in [-0.39, 0.29) is 6.03 Å². The minimum atomic E-state index is -0.181. The molecule has 106 valence electrons. The summed E-state index contributed by atoms with van der Waals surface area (Å²) in [6.07, 6.45) is 8.38. The number of unbranched alkanes of at least 4 members (excludes halogenated alkanes) is 1. The first kappa shape index (κ1) is 14.2. The van der Waals surface area contributed by atoms with Crippen molar-refractivity contribution in [3.05, 3.63) is 5.01 Å². The van der Waals surface area contributed by atoms with Crippen LogP contribution in [0.1, 0.15) is 62.8 Å². The maximum atomic E-state index is 11.6. The van der Waals surface area contributed by atoms with Gasteiger partial charge in [-0.1, -0.05) is 43.9 Å². The summed E-state index contributed by atoms with van der Waals surface area (Å²) in [4.78, 5) is 11.6. The Bertz CT molecular complexity index is 401. The Balaban J connectivity index is 1.81. The van der Waals surface area contributed by atoms with E-state index in [2.05, 4.69) is 27.8 Å². The number of rotatable bonds is 5. The summed E-state index contributed by atoms with van der Waals surface area (Å²) < 4.78 is 0. The largest absolute Gasteiger partial charge is 0.338 e. The predicted octanol–water partition coefficient (Wildman–Crippen LogP) is 3.51. The van der Waals surface area contributed by atoms with Crippen molar-refractivity contribution in [2.45, 2.75) is 57.8 Å².